The van der Waals surface area contributed by atoms with Crippen molar-refractivity contribution in [2.45, 2.75) is 6.92 Å². The molecule has 0 radical (unpaired) electrons. The molecule has 15 heavy (non-hydrogen) atoms. The second-order valence-electron chi connectivity index (χ2n) is 3.91. The van der Waals surface area contributed by atoms with Gasteiger partial charge in [-0.25, -0.2) is 0 Å². The highest BCUT2D eigenvalue weighted by Crippen LogP contribution is 2.14. The fourth-order valence-electron chi connectivity index (χ4n) is 1.34. The summed E-state index contributed by atoms with van der Waals surface area (Å²) >= 11 is 0. The Morgan fingerprint density at radius 3 is 2.20 bits per heavy atom. The molecule has 0 fully saturated rings. The number of likely N-dealkylation sites (N-methyl/N-ethyl adjacent to an activating group) is 2. The summed E-state index contributed by atoms with van der Waals surface area (Å²) in [5.41, 5.74) is 7.68. The summed E-state index contributed by atoms with van der Waals surface area (Å²) in [5, 5.41) is 0. The van der Waals surface area contributed by atoms with Gasteiger partial charge in [-0.3, -0.25) is 0 Å². The van der Waals surface area contributed by atoms with Crippen LogP contribution in [-0.2, 0) is 0 Å². The Morgan fingerprint density at radius 1 is 1.07 bits per heavy atom. The van der Waals surface area contributed by atoms with E-state index in [1.165, 1.54) is 5.69 Å². The van der Waals surface area contributed by atoms with Gasteiger partial charge in [-0.15, -0.1) is 0 Å². The second kappa shape index (κ2) is 5.61. The van der Waals surface area contributed by atoms with Gasteiger partial charge in [-0.2, -0.15) is 0 Å². The summed E-state index contributed by atoms with van der Waals surface area (Å²) in [7, 11) is 4.24. The molecule has 2 N–H and O–H groups in total. The van der Waals surface area contributed by atoms with Crippen LogP contribution in [-0.4, -0.2) is 38.6 Å². The molecule has 84 valence electrons. The van der Waals surface area contributed by atoms with Crippen LogP contribution in [0.3, 0.4) is 0 Å². The molecule has 0 spiro atoms. The van der Waals surface area contributed by atoms with Gasteiger partial charge < -0.3 is 15.5 Å². The van der Waals surface area contributed by atoms with Gasteiger partial charge in [-0.1, -0.05) is 6.92 Å². The first-order valence-corrected chi connectivity index (χ1v) is 5.38. The Kier molecular flexibility index (Phi) is 4.43. The van der Waals surface area contributed by atoms with Crippen molar-refractivity contribution in [3.8, 4) is 0 Å². The number of benzene rings is 1. The zero-order valence-electron chi connectivity index (χ0n) is 9.90. The van der Waals surface area contributed by atoms with E-state index in [4.69, 9.17) is 5.73 Å². The van der Waals surface area contributed by atoms with Crippen LogP contribution in [0.5, 0.6) is 0 Å². The maximum Gasteiger partial charge on any atom is 0.0365 e. The zero-order valence-corrected chi connectivity index (χ0v) is 9.90. The fraction of sp³-hybridized carbons (Fsp3) is 0.500. The van der Waals surface area contributed by atoms with Crippen molar-refractivity contribution in [2.75, 3.05) is 44.4 Å². The van der Waals surface area contributed by atoms with E-state index in [-0.39, 0.29) is 0 Å². The first-order valence-electron chi connectivity index (χ1n) is 5.38. The van der Waals surface area contributed by atoms with E-state index in [2.05, 4.69) is 43.0 Å². The van der Waals surface area contributed by atoms with Crippen molar-refractivity contribution in [3.63, 3.8) is 0 Å². The molecule has 3 heteroatoms. The average Bonchev–Trinajstić information content (AvgIpc) is 2.26. The number of rotatable bonds is 5. The lowest BCUT2D eigenvalue weighted by Gasteiger charge is -2.22. The lowest BCUT2D eigenvalue weighted by molar-refractivity contribution is 0.360. The molecular formula is C12H21N3. The molecule has 0 unspecified atom stereocenters. The van der Waals surface area contributed by atoms with E-state index in [0.717, 1.165) is 25.3 Å². The van der Waals surface area contributed by atoms with Gasteiger partial charge >= 0.3 is 0 Å². The Labute approximate surface area is 92.5 Å². The summed E-state index contributed by atoms with van der Waals surface area (Å²) < 4.78 is 0. The lowest BCUT2D eigenvalue weighted by Crippen LogP contribution is -2.30. The Morgan fingerprint density at radius 2 is 1.67 bits per heavy atom. The molecule has 3 nitrogen and oxygen atoms in total. The second-order valence-corrected chi connectivity index (χ2v) is 3.91. The molecule has 0 atom stereocenters. The largest absolute Gasteiger partial charge is 0.399 e. The van der Waals surface area contributed by atoms with Crippen LogP contribution in [0.1, 0.15) is 6.92 Å². The van der Waals surface area contributed by atoms with Gasteiger partial charge in [0.1, 0.15) is 0 Å². The third kappa shape index (κ3) is 3.80. The third-order valence-electron chi connectivity index (χ3n) is 2.69. The fourth-order valence-corrected chi connectivity index (χ4v) is 1.34. The van der Waals surface area contributed by atoms with E-state index in [0.29, 0.717) is 0 Å². The average molecular weight is 207 g/mol. The molecule has 0 aliphatic rings. The summed E-state index contributed by atoms with van der Waals surface area (Å²) in [6.45, 7) is 5.38. The summed E-state index contributed by atoms with van der Waals surface area (Å²) in [5.74, 6) is 0. The van der Waals surface area contributed by atoms with Crippen LogP contribution in [0.4, 0.5) is 11.4 Å². The number of nitrogen functional groups attached to an aromatic ring is 1. The number of anilines is 2. The Hall–Kier alpha value is -1.22. The molecule has 0 saturated heterocycles. The minimum Gasteiger partial charge on any atom is -0.399 e. The molecule has 1 rings (SSSR count). The van der Waals surface area contributed by atoms with Crippen LogP contribution >= 0.6 is 0 Å². The standard InChI is InChI=1S/C12H21N3/c1-4-14(2)9-10-15(3)12-7-5-11(13)6-8-12/h5-8H,4,9-10,13H2,1-3H3. The maximum atomic E-state index is 5.64. The predicted molar refractivity (Wildman–Crippen MR) is 67.3 cm³/mol. The quantitative estimate of drug-likeness (QED) is 0.745. The first kappa shape index (κ1) is 11.9. The smallest absolute Gasteiger partial charge is 0.0365 e. The van der Waals surface area contributed by atoms with Gasteiger partial charge in [0, 0.05) is 31.5 Å². The molecule has 1 aromatic carbocycles. The number of hydrogen-bond donors (Lipinski definition) is 1. The van der Waals surface area contributed by atoms with Crippen LogP contribution in [0, 0.1) is 0 Å². The number of hydrogen-bond acceptors (Lipinski definition) is 3. The molecule has 0 aliphatic heterocycles. The van der Waals surface area contributed by atoms with Crippen LogP contribution < -0.4 is 10.6 Å². The predicted octanol–water partition coefficient (Wildman–Crippen LogP) is 1.66. The van der Waals surface area contributed by atoms with E-state index in [1.54, 1.807) is 0 Å². The van der Waals surface area contributed by atoms with Crippen molar-refractivity contribution in [2.24, 2.45) is 0 Å². The van der Waals surface area contributed by atoms with Crippen molar-refractivity contribution in [1.29, 1.82) is 0 Å². The zero-order chi connectivity index (χ0) is 11.3. The molecule has 0 amide bonds. The van der Waals surface area contributed by atoms with Gasteiger partial charge in [0.05, 0.1) is 0 Å². The van der Waals surface area contributed by atoms with Crippen molar-refractivity contribution < 1.29 is 0 Å². The van der Waals surface area contributed by atoms with Gasteiger partial charge in [0.15, 0.2) is 0 Å². The van der Waals surface area contributed by atoms with Gasteiger partial charge in [0.2, 0.25) is 0 Å². The highest BCUT2D eigenvalue weighted by Gasteiger charge is 2.01. The topological polar surface area (TPSA) is 32.5 Å². The minimum absolute atomic E-state index is 0.817. The first-order chi connectivity index (χ1) is 7.13. The SMILES string of the molecule is CCN(C)CCN(C)c1ccc(N)cc1. The summed E-state index contributed by atoms with van der Waals surface area (Å²) in [6.07, 6.45) is 0. The molecule has 0 aliphatic carbocycles. The normalized spacial score (nSPS) is 10.7. The third-order valence-corrected chi connectivity index (χ3v) is 2.69. The number of nitrogens with two attached hydrogens (primary N) is 1. The van der Waals surface area contributed by atoms with Crippen molar-refractivity contribution in [1.82, 2.24) is 4.90 Å². The molecule has 0 aromatic heterocycles. The highest BCUT2D eigenvalue weighted by molar-refractivity contribution is 5.52. The Bertz CT molecular complexity index is 281. The van der Waals surface area contributed by atoms with Gasteiger partial charge in [-0.05, 0) is 37.9 Å². The molecule has 0 heterocycles. The van der Waals surface area contributed by atoms with Gasteiger partial charge in [0.25, 0.3) is 0 Å². The highest BCUT2D eigenvalue weighted by atomic mass is 15.2. The van der Waals surface area contributed by atoms with Crippen LogP contribution in [0.25, 0.3) is 0 Å². The van der Waals surface area contributed by atoms with E-state index < -0.39 is 0 Å². The van der Waals surface area contributed by atoms with Crippen molar-refractivity contribution >= 4 is 11.4 Å². The molecule has 0 bridgehead atoms. The Balaban J connectivity index is 2.46. The van der Waals surface area contributed by atoms with E-state index in [9.17, 15) is 0 Å². The van der Waals surface area contributed by atoms with E-state index >= 15 is 0 Å². The lowest BCUT2D eigenvalue weighted by atomic mass is 10.2. The number of nitrogens with zero attached hydrogens (tertiary/aromatic N) is 2. The summed E-state index contributed by atoms with van der Waals surface area (Å²) in [4.78, 5) is 4.54. The monoisotopic (exact) mass is 207 g/mol. The summed E-state index contributed by atoms with van der Waals surface area (Å²) in [6, 6.07) is 7.99. The van der Waals surface area contributed by atoms with Crippen LogP contribution in [0.15, 0.2) is 24.3 Å². The molecular weight excluding hydrogens is 186 g/mol. The molecule has 1 aromatic rings. The van der Waals surface area contributed by atoms with Crippen molar-refractivity contribution in [3.05, 3.63) is 24.3 Å². The maximum absolute atomic E-state index is 5.64. The molecule has 0 saturated carbocycles. The van der Waals surface area contributed by atoms with Crippen LogP contribution in [0.2, 0.25) is 0 Å². The van der Waals surface area contributed by atoms with E-state index in [1.807, 2.05) is 12.1 Å². The minimum atomic E-state index is 0.817.